The van der Waals surface area contributed by atoms with Crippen molar-refractivity contribution in [2.75, 3.05) is 11.1 Å². The summed E-state index contributed by atoms with van der Waals surface area (Å²) < 4.78 is 1.66. The smallest absolute Gasteiger partial charge is 0.277 e. The number of nitrogens with one attached hydrogen (secondary N) is 2. The van der Waals surface area contributed by atoms with Crippen LogP contribution in [0.15, 0.2) is 34.9 Å². The van der Waals surface area contributed by atoms with Crippen LogP contribution < -0.4 is 21.9 Å². The van der Waals surface area contributed by atoms with Crippen LogP contribution in [0.2, 0.25) is 0 Å². The van der Waals surface area contributed by atoms with Crippen molar-refractivity contribution in [3.8, 4) is 0 Å². The summed E-state index contributed by atoms with van der Waals surface area (Å²) in [6.07, 6.45) is 9.71. The van der Waals surface area contributed by atoms with Crippen LogP contribution >= 0.6 is 0 Å². The highest BCUT2D eigenvalue weighted by molar-refractivity contribution is 5.97. The molecule has 8 nitrogen and oxygen atoms in total. The SMILES string of the molecule is Cc1cc(Nc2cc(N)ncn2)c(=O)n2c1C(=O)NC21C=C(C2CC2)CCCC1. The van der Waals surface area contributed by atoms with E-state index in [0.29, 0.717) is 35.4 Å². The first-order chi connectivity index (χ1) is 14.0. The van der Waals surface area contributed by atoms with Crippen LogP contribution in [0.4, 0.5) is 17.3 Å². The Balaban J connectivity index is 1.66. The van der Waals surface area contributed by atoms with Gasteiger partial charge in [0.25, 0.3) is 11.5 Å². The number of nitrogen functional groups attached to an aromatic ring is 1. The van der Waals surface area contributed by atoms with Crippen LogP contribution in [0, 0.1) is 12.8 Å². The molecule has 3 heterocycles. The van der Waals surface area contributed by atoms with Gasteiger partial charge < -0.3 is 16.4 Å². The molecule has 2 aromatic heterocycles. The zero-order valence-corrected chi connectivity index (χ0v) is 16.4. The largest absolute Gasteiger partial charge is 0.384 e. The van der Waals surface area contributed by atoms with Crippen LogP contribution in [0.25, 0.3) is 0 Å². The average molecular weight is 392 g/mol. The van der Waals surface area contributed by atoms with Crippen molar-refractivity contribution >= 4 is 23.2 Å². The van der Waals surface area contributed by atoms with E-state index in [9.17, 15) is 9.59 Å². The van der Waals surface area contributed by atoms with Gasteiger partial charge in [-0.2, -0.15) is 0 Å². The van der Waals surface area contributed by atoms with E-state index in [1.807, 2.05) is 6.92 Å². The van der Waals surface area contributed by atoms with Gasteiger partial charge in [-0.3, -0.25) is 14.2 Å². The highest BCUT2D eigenvalue weighted by Gasteiger charge is 2.45. The minimum atomic E-state index is -0.787. The van der Waals surface area contributed by atoms with E-state index < -0.39 is 5.66 Å². The molecule has 3 aliphatic rings. The molecule has 1 aliphatic heterocycles. The van der Waals surface area contributed by atoms with E-state index in [0.717, 1.165) is 24.8 Å². The first-order valence-electron chi connectivity index (χ1n) is 10.1. The molecule has 0 saturated heterocycles. The molecule has 1 saturated carbocycles. The molecule has 8 heteroatoms. The molecule has 0 aromatic carbocycles. The summed E-state index contributed by atoms with van der Waals surface area (Å²) in [6, 6.07) is 3.27. The molecule has 150 valence electrons. The van der Waals surface area contributed by atoms with Gasteiger partial charge >= 0.3 is 0 Å². The quantitative estimate of drug-likeness (QED) is 0.692. The number of carbonyl (C=O) groups excluding carboxylic acids is 1. The van der Waals surface area contributed by atoms with Crippen LogP contribution in [0.3, 0.4) is 0 Å². The van der Waals surface area contributed by atoms with Crippen molar-refractivity contribution in [1.29, 1.82) is 0 Å². The number of aromatic nitrogens is 3. The standard InChI is InChI=1S/C21H24N6O2/c1-12-8-15(25-17-9-16(22)23-11-24-17)20(29)27-18(12)19(28)26-21(27)7-3-2-4-14(10-21)13-5-6-13/h8-11,13H,2-7H2,1H3,(H,26,28)(H3,22,23,24,25). The highest BCUT2D eigenvalue weighted by Crippen LogP contribution is 2.44. The van der Waals surface area contributed by atoms with E-state index in [-0.39, 0.29) is 11.5 Å². The number of pyridine rings is 1. The number of rotatable bonds is 3. The zero-order chi connectivity index (χ0) is 20.2. The van der Waals surface area contributed by atoms with Crippen molar-refractivity contribution in [2.24, 2.45) is 5.92 Å². The fraction of sp³-hybridized carbons (Fsp3) is 0.429. The van der Waals surface area contributed by atoms with Crippen LogP contribution in [-0.2, 0) is 5.66 Å². The van der Waals surface area contributed by atoms with Gasteiger partial charge in [0.1, 0.15) is 35.0 Å². The van der Waals surface area contributed by atoms with Crippen LogP contribution in [-0.4, -0.2) is 20.4 Å². The van der Waals surface area contributed by atoms with Crippen LogP contribution in [0.5, 0.6) is 0 Å². The number of aryl methyl sites for hydroxylation is 1. The minimum Gasteiger partial charge on any atom is -0.384 e. The lowest BCUT2D eigenvalue weighted by atomic mass is 10.0. The van der Waals surface area contributed by atoms with Gasteiger partial charge in [0.15, 0.2) is 0 Å². The normalized spacial score (nSPS) is 23.3. The predicted molar refractivity (Wildman–Crippen MR) is 110 cm³/mol. The third-order valence-corrected chi connectivity index (χ3v) is 6.09. The van der Waals surface area contributed by atoms with Crippen molar-refractivity contribution < 1.29 is 4.79 Å². The Labute approximate surface area is 168 Å². The molecule has 4 N–H and O–H groups in total. The molecule has 5 rings (SSSR count). The maximum Gasteiger partial charge on any atom is 0.277 e. The molecule has 1 fully saturated rings. The fourth-order valence-electron chi connectivity index (χ4n) is 4.61. The fourth-order valence-corrected chi connectivity index (χ4v) is 4.61. The molecule has 1 unspecified atom stereocenters. The maximum atomic E-state index is 13.5. The molecule has 0 radical (unpaired) electrons. The van der Waals surface area contributed by atoms with Gasteiger partial charge in [-0.1, -0.05) is 5.57 Å². The second-order valence-corrected chi connectivity index (χ2v) is 8.26. The molecule has 1 atom stereocenters. The third-order valence-electron chi connectivity index (χ3n) is 6.09. The van der Waals surface area contributed by atoms with Crippen molar-refractivity contribution in [3.63, 3.8) is 0 Å². The molecular weight excluding hydrogens is 368 g/mol. The molecule has 0 bridgehead atoms. The topological polar surface area (TPSA) is 115 Å². The molecular formula is C21H24N6O2. The lowest BCUT2D eigenvalue weighted by Gasteiger charge is -2.29. The maximum absolute atomic E-state index is 13.5. The number of carbonyl (C=O) groups is 1. The van der Waals surface area contributed by atoms with Gasteiger partial charge in [0.05, 0.1) is 0 Å². The Morgan fingerprint density at radius 2 is 2.07 bits per heavy atom. The monoisotopic (exact) mass is 392 g/mol. The molecule has 2 aliphatic carbocycles. The van der Waals surface area contributed by atoms with Crippen molar-refractivity contribution in [1.82, 2.24) is 19.9 Å². The van der Waals surface area contributed by atoms with E-state index >= 15 is 0 Å². The lowest BCUT2D eigenvalue weighted by Crippen LogP contribution is -2.46. The Bertz CT molecular complexity index is 1100. The number of amides is 1. The summed E-state index contributed by atoms with van der Waals surface area (Å²) in [5, 5.41) is 6.20. The number of nitrogens with zero attached hydrogens (tertiary/aromatic N) is 3. The van der Waals surface area contributed by atoms with Gasteiger partial charge in [0.2, 0.25) is 0 Å². The second kappa shape index (κ2) is 6.43. The lowest BCUT2D eigenvalue weighted by molar-refractivity contribution is 0.0934. The van der Waals surface area contributed by atoms with E-state index in [1.54, 1.807) is 16.7 Å². The summed E-state index contributed by atoms with van der Waals surface area (Å²) in [5.41, 5.74) is 7.63. The first kappa shape index (κ1) is 17.9. The Morgan fingerprint density at radius 1 is 1.24 bits per heavy atom. The van der Waals surface area contributed by atoms with E-state index in [4.69, 9.17) is 5.73 Å². The summed E-state index contributed by atoms with van der Waals surface area (Å²) in [7, 11) is 0. The van der Waals surface area contributed by atoms with E-state index in [2.05, 4.69) is 26.7 Å². The predicted octanol–water partition coefficient (Wildman–Crippen LogP) is 2.58. The van der Waals surface area contributed by atoms with Gasteiger partial charge in [-0.05, 0) is 69.1 Å². The second-order valence-electron chi connectivity index (χ2n) is 8.26. The molecule has 29 heavy (non-hydrogen) atoms. The number of fused-ring (bicyclic) bond motifs is 2. The molecule has 1 amide bonds. The highest BCUT2D eigenvalue weighted by atomic mass is 16.2. The van der Waals surface area contributed by atoms with Gasteiger partial charge in [0, 0.05) is 6.07 Å². The van der Waals surface area contributed by atoms with Gasteiger partial charge in [-0.25, -0.2) is 9.97 Å². The van der Waals surface area contributed by atoms with Crippen molar-refractivity contribution in [3.05, 3.63) is 51.7 Å². The Morgan fingerprint density at radius 3 is 2.83 bits per heavy atom. The average Bonchev–Trinajstić information content (AvgIpc) is 3.48. The summed E-state index contributed by atoms with van der Waals surface area (Å²) >= 11 is 0. The number of anilines is 3. The molecule has 1 spiro atoms. The summed E-state index contributed by atoms with van der Waals surface area (Å²) in [6.45, 7) is 1.85. The number of hydrogen-bond acceptors (Lipinski definition) is 6. The number of hydrogen-bond donors (Lipinski definition) is 3. The minimum absolute atomic E-state index is 0.189. The first-order valence-corrected chi connectivity index (χ1v) is 10.1. The van der Waals surface area contributed by atoms with Crippen LogP contribution in [0.1, 0.15) is 54.6 Å². The molecule has 2 aromatic rings. The van der Waals surface area contributed by atoms with E-state index in [1.165, 1.54) is 24.7 Å². The number of nitrogens with two attached hydrogens (primary N) is 1. The Kier molecular flexibility index (Phi) is 3.97. The Hall–Kier alpha value is -3.16. The van der Waals surface area contributed by atoms with Crippen molar-refractivity contribution in [2.45, 2.75) is 51.1 Å². The number of allylic oxidation sites excluding steroid dienone is 1. The third kappa shape index (κ3) is 2.99. The summed E-state index contributed by atoms with van der Waals surface area (Å²) in [5.74, 6) is 1.17. The zero-order valence-electron chi connectivity index (χ0n) is 16.4. The van der Waals surface area contributed by atoms with Gasteiger partial charge in [-0.15, -0.1) is 0 Å². The summed E-state index contributed by atoms with van der Waals surface area (Å²) in [4.78, 5) is 34.4.